The molecule has 1 aromatic carbocycles. The van der Waals surface area contributed by atoms with Crippen LogP contribution in [0.15, 0.2) is 24.3 Å². The van der Waals surface area contributed by atoms with E-state index in [9.17, 15) is 0 Å². The van der Waals surface area contributed by atoms with Gasteiger partial charge in [-0.05, 0) is 18.4 Å². The third-order valence-electron chi connectivity index (χ3n) is 2.38. The maximum atomic E-state index is 9.14. The summed E-state index contributed by atoms with van der Waals surface area (Å²) in [5, 5.41) is 9.14. The Kier molecular flexibility index (Phi) is 4.17. The highest BCUT2D eigenvalue weighted by Crippen LogP contribution is 2.30. The van der Waals surface area contributed by atoms with Crippen molar-refractivity contribution in [3.8, 4) is 11.8 Å². The van der Waals surface area contributed by atoms with E-state index in [0.717, 1.165) is 17.7 Å². The van der Waals surface area contributed by atoms with Crippen LogP contribution in [0.1, 0.15) is 31.7 Å². The number of hydrogen-bond donors (Lipinski definition) is 0. The molecule has 1 rings (SSSR count). The lowest BCUT2D eigenvalue weighted by molar-refractivity contribution is 0.405. The van der Waals surface area contributed by atoms with Crippen LogP contribution in [0.2, 0.25) is 0 Å². The number of nitrogens with zero attached hydrogens (tertiary/aromatic N) is 1. The number of rotatable bonds is 4. The highest BCUT2D eigenvalue weighted by molar-refractivity contribution is 5.38. The Bertz CT molecular complexity index is 352. The second-order valence-corrected chi connectivity index (χ2v) is 4.05. The van der Waals surface area contributed by atoms with Crippen LogP contribution in [-0.4, -0.2) is 7.11 Å². The summed E-state index contributed by atoms with van der Waals surface area (Å²) in [6, 6.07) is 10.1. The average Bonchev–Trinajstić information content (AvgIpc) is 2.25. The predicted octanol–water partition coefficient (Wildman–Crippen LogP) is 3.35. The molecule has 2 nitrogen and oxygen atoms in total. The number of ether oxygens (including phenoxy) is 1. The minimum Gasteiger partial charge on any atom is -0.496 e. The van der Waals surface area contributed by atoms with Gasteiger partial charge in [0.05, 0.1) is 19.1 Å². The Morgan fingerprint density at radius 2 is 2.00 bits per heavy atom. The van der Waals surface area contributed by atoms with Gasteiger partial charge in [0.1, 0.15) is 5.75 Å². The van der Waals surface area contributed by atoms with Crippen LogP contribution in [-0.2, 0) is 0 Å². The summed E-state index contributed by atoms with van der Waals surface area (Å²) >= 11 is 0. The molecule has 0 aliphatic heterocycles. The van der Waals surface area contributed by atoms with Gasteiger partial charge in [-0.1, -0.05) is 32.0 Å². The van der Waals surface area contributed by atoms with Gasteiger partial charge in [-0.25, -0.2) is 0 Å². The normalized spacial score (nSPS) is 12.2. The van der Waals surface area contributed by atoms with Crippen LogP contribution in [0.3, 0.4) is 0 Å². The summed E-state index contributed by atoms with van der Waals surface area (Å²) in [7, 11) is 1.64. The molecule has 0 amide bonds. The van der Waals surface area contributed by atoms with Gasteiger partial charge in [-0.3, -0.25) is 0 Å². The fourth-order valence-electron chi connectivity index (χ4n) is 1.67. The zero-order chi connectivity index (χ0) is 11.3. The summed E-state index contributed by atoms with van der Waals surface area (Å²) in [5.41, 5.74) is 0.996. The molecule has 0 bridgehead atoms. The van der Waals surface area contributed by atoms with Crippen molar-refractivity contribution in [2.75, 3.05) is 7.11 Å². The molecular weight excluding hydrogens is 186 g/mol. The molecule has 0 fully saturated rings. The van der Waals surface area contributed by atoms with Gasteiger partial charge in [-0.15, -0.1) is 0 Å². The van der Waals surface area contributed by atoms with E-state index in [1.54, 1.807) is 7.11 Å². The van der Waals surface area contributed by atoms with E-state index in [1.807, 2.05) is 24.3 Å². The van der Waals surface area contributed by atoms with Gasteiger partial charge in [0, 0.05) is 5.56 Å². The molecule has 0 aliphatic carbocycles. The highest BCUT2D eigenvalue weighted by atomic mass is 16.5. The Balaban J connectivity index is 2.97. The van der Waals surface area contributed by atoms with Crippen molar-refractivity contribution in [3.63, 3.8) is 0 Å². The molecule has 0 aromatic heterocycles. The number of hydrogen-bond acceptors (Lipinski definition) is 2. The Morgan fingerprint density at radius 3 is 2.53 bits per heavy atom. The van der Waals surface area contributed by atoms with E-state index in [0.29, 0.717) is 5.92 Å². The molecule has 0 heterocycles. The molecule has 2 heteroatoms. The van der Waals surface area contributed by atoms with Crippen LogP contribution in [0.4, 0.5) is 0 Å². The fraction of sp³-hybridized carbons (Fsp3) is 0.462. The number of methoxy groups -OCH3 is 1. The molecule has 0 aliphatic rings. The maximum absolute atomic E-state index is 9.14. The summed E-state index contributed by atoms with van der Waals surface area (Å²) < 4.78 is 5.26. The van der Waals surface area contributed by atoms with Crippen LogP contribution in [0.5, 0.6) is 5.75 Å². The van der Waals surface area contributed by atoms with E-state index in [2.05, 4.69) is 19.9 Å². The quantitative estimate of drug-likeness (QED) is 0.751. The van der Waals surface area contributed by atoms with Gasteiger partial charge >= 0.3 is 0 Å². The van der Waals surface area contributed by atoms with Crippen molar-refractivity contribution in [1.29, 1.82) is 5.26 Å². The second kappa shape index (κ2) is 5.41. The van der Waals surface area contributed by atoms with E-state index < -0.39 is 0 Å². The van der Waals surface area contributed by atoms with Crippen LogP contribution in [0.25, 0.3) is 0 Å². The van der Waals surface area contributed by atoms with Crippen molar-refractivity contribution in [3.05, 3.63) is 29.8 Å². The van der Waals surface area contributed by atoms with Gasteiger partial charge in [-0.2, -0.15) is 5.26 Å². The summed E-state index contributed by atoms with van der Waals surface area (Å²) in [5.74, 6) is 1.26. The standard InChI is InChI=1S/C13H17NO/c1-10(2)8-11(9-14)12-6-4-5-7-13(12)15-3/h4-7,10-11H,8H2,1-3H3. The Morgan fingerprint density at radius 1 is 1.33 bits per heavy atom. The zero-order valence-corrected chi connectivity index (χ0v) is 9.53. The van der Waals surface area contributed by atoms with E-state index in [-0.39, 0.29) is 5.92 Å². The molecule has 0 saturated heterocycles. The number of para-hydroxylation sites is 1. The maximum Gasteiger partial charge on any atom is 0.123 e. The third kappa shape index (κ3) is 2.99. The summed E-state index contributed by atoms with van der Waals surface area (Å²) in [4.78, 5) is 0. The number of nitriles is 1. The molecule has 0 N–H and O–H groups in total. The SMILES string of the molecule is COc1ccccc1C(C#N)CC(C)C. The first kappa shape index (κ1) is 11.6. The van der Waals surface area contributed by atoms with Crippen LogP contribution < -0.4 is 4.74 Å². The van der Waals surface area contributed by atoms with Crippen molar-refractivity contribution < 1.29 is 4.74 Å². The topological polar surface area (TPSA) is 33.0 Å². The molecule has 1 unspecified atom stereocenters. The first-order valence-electron chi connectivity index (χ1n) is 5.21. The largest absolute Gasteiger partial charge is 0.496 e. The smallest absolute Gasteiger partial charge is 0.123 e. The van der Waals surface area contributed by atoms with E-state index in [1.165, 1.54) is 0 Å². The van der Waals surface area contributed by atoms with Crippen LogP contribution in [0, 0.1) is 17.2 Å². The Hall–Kier alpha value is -1.49. The summed E-state index contributed by atoms with van der Waals surface area (Å²) in [6.45, 7) is 4.25. The van der Waals surface area contributed by atoms with Crippen LogP contribution >= 0.6 is 0 Å². The van der Waals surface area contributed by atoms with Gasteiger partial charge in [0.25, 0.3) is 0 Å². The van der Waals surface area contributed by atoms with E-state index in [4.69, 9.17) is 10.00 Å². The monoisotopic (exact) mass is 203 g/mol. The van der Waals surface area contributed by atoms with Crippen molar-refractivity contribution in [2.45, 2.75) is 26.2 Å². The summed E-state index contributed by atoms with van der Waals surface area (Å²) in [6.07, 6.45) is 0.872. The lowest BCUT2D eigenvalue weighted by atomic mass is 9.91. The molecule has 15 heavy (non-hydrogen) atoms. The molecule has 0 radical (unpaired) electrons. The van der Waals surface area contributed by atoms with Gasteiger partial charge in [0.2, 0.25) is 0 Å². The van der Waals surface area contributed by atoms with Crippen molar-refractivity contribution in [2.24, 2.45) is 5.92 Å². The minimum atomic E-state index is -0.0684. The molecule has 0 spiro atoms. The predicted molar refractivity (Wildman–Crippen MR) is 60.8 cm³/mol. The van der Waals surface area contributed by atoms with Crippen molar-refractivity contribution >= 4 is 0 Å². The molecule has 1 aromatic rings. The zero-order valence-electron chi connectivity index (χ0n) is 9.53. The molecule has 0 saturated carbocycles. The average molecular weight is 203 g/mol. The van der Waals surface area contributed by atoms with Gasteiger partial charge in [0.15, 0.2) is 0 Å². The lowest BCUT2D eigenvalue weighted by Crippen LogP contribution is -2.02. The minimum absolute atomic E-state index is 0.0684. The fourth-order valence-corrected chi connectivity index (χ4v) is 1.67. The second-order valence-electron chi connectivity index (χ2n) is 4.05. The first-order chi connectivity index (χ1) is 7.19. The number of benzene rings is 1. The first-order valence-corrected chi connectivity index (χ1v) is 5.21. The molecule has 1 atom stereocenters. The highest BCUT2D eigenvalue weighted by Gasteiger charge is 2.16. The third-order valence-corrected chi connectivity index (χ3v) is 2.38. The van der Waals surface area contributed by atoms with Gasteiger partial charge < -0.3 is 4.74 Å². The Labute approximate surface area is 91.5 Å². The lowest BCUT2D eigenvalue weighted by Gasteiger charge is -2.15. The molecule has 80 valence electrons. The van der Waals surface area contributed by atoms with E-state index >= 15 is 0 Å². The molecular formula is C13H17NO. The van der Waals surface area contributed by atoms with Crippen molar-refractivity contribution in [1.82, 2.24) is 0 Å².